The first kappa shape index (κ1) is 37.0. The van der Waals surface area contributed by atoms with Crippen LogP contribution in [0.4, 0.5) is 4.79 Å². The minimum absolute atomic E-state index is 0.0296. The number of benzene rings is 2. The second-order valence-corrected chi connectivity index (χ2v) is 13.1. The fourth-order valence-corrected chi connectivity index (χ4v) is 6.82. The number of cyclic esters (lactones) is 2. The Hall–Kier alpha value is -3.80. The molecule has 2 aromatic rings. The van der Waals surface area contributed by atoms with Crippen LogP contribution in [0.25, 0.3) is 0 Å². The highest BCUT2D eigenvalue weighted by Crippen LogP contribution is 2.46. The lowest BCUT2D eigenvalue weighted by atomic mass is 9.77. The van der Waals surface area contributed by atoms with Crippen LogP contribution in [0, 0.1) is 18.8 Å². The summed E-state index contributed by atoms with van der Waals surface area (Å²) in [6.45, 7) is 12.9. The highest BCUT2D eigenvalue weighted by molar-refractivity contribution is 5.68. The molecule has 0 aromatic heterocycles. The van der Waals surface area contributed by atoms with E-state index in [1.54, 1.807) is 46.1 Å². The van der Waals surface area contributed by atoms with E-state index in [0.29, 0.717) is 35.5 Å². The molecule has 2 aliphatic rings. The molecule has 0 amide bonds. The average Bonchev–Trinajstić information content (AvgIpc) is 3.37. The molecule has 9 atom stereocenters. The Balaban J connectivity index is 1.57. The van der Waals surface area contributed by atoms with Gasteiger partial charge < -0.3 is 43.4 Å². The van der Waals surface area contributed by atoms with Gasteiger partial charge in [-0.05, 0) is 69.0 Å². The van der Waals surface area contributed by atoms with Gasteiger partial charge in [-0.2, -0.15) is 0 Å². The molecule has 0 aliphatic carbocycles. The number of aromatic hydroxyl groups is 1. The predicted molar refractivity (Wildman–Crippen MR) is 177 cm³/mol. The van der Waals surface area contributed by atoms with Crippen molar-refractivity contribution in [1.29, 1.82) is 0 Å². The van der Waals surface area contributed by atoms with Crippen LogP contribution in [0.2, 0.25) is 0 Å². The van der Waals surface area contributed by atoms with Gasteiger partial charge in [0, 0.05) is 35.8 Å². The zero-order chi connectivity index (χ0) is 35.3. The lowest BCUT2D eigenvalue weighted by molar-refractivity contribution is -0.255. The molecule has 0 spiro atoms. The third-order valence-electron chi connectivity index (χ3n) is 9.61. The van der Waals surface area contributed by atoms with E-state index >= 15 is 0 Å². The molecule has 2 fully saturated rings. The molecule has 0 bridgehead atoms. The summed E-state index contributed by atoms with van der Waals surface area (Å²) in [7, 11) is 3.14. The lowest BCUT2D eigenvalue weighted by Crippen LogP contribution is -2.52. The largest absolute Gasteiger partial charge is 0.509 e. The van der Waals surface area contributed by atoms with Crippen LogP contribution in [0.15, 0.2) is 48.0 Å². The molecule has 0 radical (unpaired) electrons. The number of methoxy groups -OCH3 is 2. The van der Waals surface area contributed by atoms with Crippen molar-refractivity contribution in [3.63, 3.8) is 0 Å². The monoisotopic (exact) mass is 670 g/mol. The third kappa shape index (κ3) is 7.90. The number of rotatable bonds is 13. The van der Waals surface area contributed by atoms with Crippen molar-refractivity contribution in [2.24, 2.45) is 11.8 Å². The smallest absolute Gasteiger partial charge is 0.508 e. The number of esters is 1. The van der Waals surface area contributed by atoms with Gasteiger partial charge in [-0.3, -0.25) is 4.79 Å². The predicted octanol–water partition coefficient (Wildman–Crippen LogP) is 6.52. The number of phenolic OH excluding ortho intramolecular Hbond substituents is 1. The summed E-state index contributed by atoms with van der Waals surface area (Å²) in [5, 5.41) is 22.0. The Bertz CT molecular complexity index is 1450. The highest BCUT2D eigenvalue weighted by atomic mass is 16.8. The number of carbonyl (C=O) groups excluding carboxylic acids is 2. The summed E-state index contributed by atoms with van der Waals surface area (Å²) in [6, 6.07) is 10.8. The Morgan fingerprint density at radius 3 is 2.44 bits per heavy atom. The number of ether oxygens (including phenoxy) is 7. The number of aliphatic hydroxyl groups excluding tert-OH is 1. The van der Waals surface area contributed by atoms with Gasteiger partial charge in [-0.25, -0.2) is 4.79 Å². The first-order valence-corrected chi connectivity index (χ1v) is 16.4. The number of hydrogen-bond acceptors (Lipinski definition) is 11. The van der Waals surface area contributed by atoms with Crippen LogP contribution in [-0.2, 0) is 28.5 Å². The van der Waals surface area contributed by atoms with E-state index in [-0.39, 0.29) is 30.1 Å². The summed E-state index contributed by atoms with van der Waals surface area (Å²) in [4.78, 5) is 25.2. The van der Waals surface area contributed by atoms with Crippen LogP contribution >= 0.6 is 0 Å². The minimum Gasteiger partial charge on any atom is -0.508 e. The van der Waals surface area contributed by atoms with Crippen molar-refractivity contribution >= 4 is 12.1 Å². The van der Waals surface area contributed by atoms with Crippen LogP contribution in [-0.4, -0.2) is 73.2 Å². The SMILES string of the molecule is CCC(c1cc(O)c(C)cc1OC)C1OC(=O)OC1(C)C(OC(C)=O)/C(C)=C/CC(O)C(C)C1OC(c2ccc(OC)cc2)OCC1C. The zero-order valence-corrected chi connectivity index (χ0v) is 29.4. The number of aryl methyl sites for hydroxylation is 1. The van der Waals surface area contributed by atoms with Crippen molar-refractivity contribution in [2.75, 3.05) is 20.8 Å². The van der Waals surface area contributed by atoms with Gasteiger partial charge in [0.2, 0.25) is 0 Å². The zero-order valence-electron chi connectivity index (χ0n) is 29.4. The second kappa shape index (κ2) is 15.6. The molecule has 11 heteroatoms. The van der Waals surface area contributed by atoms with E-state index in [4.69, 9.17) is 33.2 Å². The molecule has 4 rings (SSSR count). The van der Waals surface area contributed by atoms with E-state index in [9.17, 15) is 19.8 Å². The summed E-state index contributed by atoms with van der Waals surface area (Å²) in [6.07, 6.45) is -2.02. The Kier molecular flexibility index (Phi) is 12.0. The van der Waals surface area contributed by atoms with Gasteiger partial charge in [0.1, 0.15) is 17.2 Å². The summed E-state index contributed by atoms with van der Waals surface area (Å²) < 4.78 is 40.7. The topological polar surface area (TPSA) is 139 Å². The van der Waals surface area contributed by atoms with Gasteiger partial charge in [0.05, 0.1) is 33.0 Å². The van der Waals surface area contributed by atoms with Gasteiger partial charge >= 0.3 is 12.1 Å². The number of carbonyl (C=O) groups is 2. The molecule has 11 nitrogen and oxygen atoms in total. The third-order valence-corrected chi connectivity index (χ3v) is 9.61. The quantitative estimate of drug-likeness (QED) is 0.178. The van der Waals surface area contributed by atoms with E-state index in [1.165, 1.54) is 14.0 Å². The van der Waals surface area contributed by atoms with Gasteiger partial charge in [0.25, 0.3) is 0 Å². The maximum absolute atomic E-state index is 12.8. The van der Waals surface area contributed by atoms with E-state index < -0.39 is 48.2 Å². The maximum Gasteiger partial charge on any atom is 0.509 e. The molecule has 0 saturated carbocycles. The average molecular weight is 671 g/mol. The van der Waals surface area contributed by atoms with Gasteiger partial charge in [0.15, 0.2) is 24.1 Å². The fourth-order valence-electron chi connectivity index (χ4n) is 6.82. The van der Waals surface area contributed by atoms with Crippen molar-refractivity contribution in [3.05, 3.63) is 64.7 Å². The molecule has 48 heavy (non-hydrogen) atoms. The van der Waals surface area contributed by atoms with Crippen molar-refractivity contribution in [1.82, 2.24) is 0 Å². The maximum atomic E-state index is 12.8. The van der Waals surface area contributed by atoms with Crippen LogP contribution < -0.4 is 9.47 Å². The Labute approximate surface area is 283 Å². The Morgan fingerprint density at radius 2 is 1.83 bits per heavy atom. The van der Waals surface area contributed by atoms with E-state index in [1.807, 2.05) is 45.0 Å². The standard InChI is InChI=1S/C37H50O11/c1-10-27(28-18-30(40)21(3)17-31(28)43-9)34-37(7,48-36(41)47-34)33(45-24(6)38)20(2)11-16-29(39)23(5)32-22(4)19-44-35(46-32)25-12-14-26(42-8)15-13-25/h11-15,17-18,22-23,27,29,32-35,39-40H,10,16,19H2,1-9H3/b20-11+. The van der Waals surface area contributed by atoms with Crippen LogP contribution in [0.3, 0.4) is 0 Å². The molecular formula is C37H50O11. The van der Waals surface area contributed by atoms with Crippen molar-refractivity contribution in [3.8, 4) is 17.2 Å². The van der Waals surface area contributed by atoms with Crippen molar-refractivity contribution < 1.29 is 53.0 Å². The summed E-state index contributed by atoms with van der Waals surface area (Å²) in [5.41, 5.74) is 1.25. The molecule has 2 heterocycles. The molecule has 2 aliphatic heterocycles. The normalized spacial score (nSPS) is 26.9. The Morgan fingerprint density at radius 1 is 1.15 bits per heavy atom. The fraction of sp³-hybridized carbons (Fsp3) is 0.568. The van der Waals surface area contributed by atoms with Crippen LogP contribution in [0.5, 0.6) is 17.2 Å². The van der Waals surface area contributed by atoms with Gasteiger partial charge in [-0.15, -0.1) is 0 Å². The molecular weight excluding hydrogens is 620 g/mol. The molecule has 2 N–H and O–H groups in total. The van der Waals surface area contributed by atoms with E-state index in [0.717, 1.165) is 11.3 Å². The molecule has 2 saturated heterocycles. The minimum atomic E-state index is -1.45. The first-order chi connectivity index (χ1) is 22.7. The summed E-state index contributed by atoms with van der Waals surface area (Å²) in [5.74, 6) is 0.0305. The highest BCUT2D eigenvalue weighted by Gasteiger charge is 2.58. The number of phenols is 1. The molecule has 9 unspecified atom stereocenters. The molecule has 264 valence electrons. The van der Waals surface area contributed by atoms with Crippen LogP contribution in [0.1, 0.15) is 83.3 Å². The molecule has 2 aromatic carbocycles. The van der Waals surface area contributed by atoms with E-state index in [2.05, 4.69) is 0 Å². The first-order valence-electron chi connectivity index (χ1n) is 16.4. The van der Waals surface area contributed by atoms with Crippen molar-refractivity contribution in [2.45, 2.75) is 104 Å². The number of hydrogen-bond donors (Lipinski definition) is 2. The van der Waals surface area contributed by atoms with Gasteiger partial charge in [-0.1, -0.05) is 39.0 Å². The lowest BCUT2D eigenvalue weighted by Gasteiger charge is -2.40. The second-order valence-electron chi connectivity index (χ2n) is 13.1. The number of aliphatic hydroxyl groups is 1. The summed E-state index contributed by atoms with van der Waals surface area (Å²) >= 11 is 0.